The van der Waals surface area contributed by atoms with Gasteiger partial charge < -0.3 is 0 Å². The van der Waals surface area contributed by atoms with Crippen molar-refractivity contribution in [3.63, 3.8) is 0 Å². The van der Waals surface area contributed by atoms with E-state index >= 15 is 0 Å². The Bertz CT molecular complexity index is 22.8. The van der Waals surface area contributed by atoms with Crippen LogP contribution in [0.1, 0.15) is 13.3 Å². The summed E-state index contributed by atoms with van der Waals surface area (Å²) in [5.74, 6) is 0. The molecule has 0 aromatic carbocycles. The molecule has 0 aromatic heterocycles. The summed E-state index contributed by atoms with van der Waals surface area (Å²) >= 11 is 4.91. The fourth-order valence-corrected chi connectivity index (χ4v) is 0.218. The molecule has 38 valence electrons. The number of hydrogen-bond acceptors (Lipinski definition) is 2. The van der Waals surface area contributed by atoms with Gasteiger partial charge in [0.2, 0.25) is 0 Å². The molecule has 0 unspecified atom stereocenters. The summed E-state index contributed by atoms with van der Waals surface area (Å²) < 4.78 is 0. The van der Waals surface area contributed by atoms with E-state index in [1.807, 2.05) is 11.9 Å². The maximum atomic E-state index is 4.91. The first-order valence-electron chi connectivity index (χ1n) is 1.89. The van der Waals surface area contributed by atoms with E-state index in [1.54, 1.807) is 0 Å². The van der Waals surface area contributed by atoms with Gasteiger partial charge in [0, 0.05) is 11.8 Å². The molecule has 2 nitrogen and oxygen atoms in total. The van der Waals surface area contributed by atoms with E-state index in [2.05, 4.69) is 4.84 Å². The van der Waals surface area contributed by atoms with Crippen LogP contribution in [0.4, 0.5) is 0 Å². The summed E-state index contributed by atoms with van der Waals surface area (Å²) in [6, 6.07) is 0. The number of rotatable bonds is 3. The Morgan fingerprint density at radius 3 is 2.67 bits per heavy atom. The summed E-state index contributed by atoms with van der Waals surface area (Å²) in [6.07, 6.45) is 0.986. The SMILES string of the molecule is CCCONCl. The standard InChI is InChI=1S/C3H8ClNO/c1-2-3-6-5-4/h5H,2-3H2,1H3. The Morgan fingerprint density at radius 2 is 2.50 bits per heavy atom. The molecule has 0 aromatic rings. The van der Waals surface area contributed by atoms with Gasteiger partial charge in [0.15, 0.2) is 0 Å². The van der Waals surface area contributed by atoms with Crippen molar-refractivity contribution in [1.82, 2.24) is 5.00 Å². The predicted molar refractivity (Wildman–Crippen MR) is 25.2 cm³/mol. The first-order chi connectivity index (χ1) is 2.91. The van der Waals surface area contributed by atoms with Crippen molar-refractivity contribution in [3.05, 3.63) is 0 Å². The fraction of sp³-hybridized carbons (Fsp3) is 1.00. The Hall–Kier alpha value is 0.210. The zero-order valence-corrected chi connectivity index (χ0v) is 4.46. The van der Waals surface area contributed by atoms with Gasteiger partial charge in [-0.15, -0.1) is 5.00 Å². The number of nitrogens with one attached hydrogen (secondary N) is 1. The highest BCUT2D eigenvalue weighted by atomic mass is 35.5. The highest BCUT2D eigenvalue weighted by Crippen LogP contribution is 1.73. The summed E-state index contributed by atoms with van der Waals surface area (Å²) in [7, 11) is 0. The molecule has 1 N–H and O–H groups in total. The Morgan fingerprint density at radius 1 is 1.83 bits per heavy atom. The zero-order chi connectivity index (χ0) is 4.83. The molecule has 0 saturated carbocycles. The van der Waals surface area contributed by atoms with Crippen molar-refractivity contribution in [1.29, 1.82) is 0 Å². The molecule has 0 amide bonds. The normalized spacial score (nSPS) is 9.00. The lowest BCUT2D eigenvalue weighted by atomic mass is 10.5. The van der Waals surface area contributed by atoms with Gasteiger partial charge in [-0.25, -0.2) is 0 Å². The largest absolute Gasteiger partial charge is 0.286 e. The van der Waals surface area contributed by atoms with Crippen molar-refractivity contribution >= 4 is 11.8 Å². The van der Waals surface area contributed by atoms with Gasteiger partial charge in [-0.05, 0) is 6.42 Å². The lowest BCUT2D eigenvalue weighted by Crippen LogP contribution is -2.00. The molecule has 0 spiro atoms. The van der Waals surface area contributed by atoms with Crippen molar-refractivity contribution < 1.29 is 4.84 Å². The van der Waals surface area contributed by atoms with E-state index in [4.69, 9.17) is 11.8 Å². The van der Waals surface area contributed by atoms with Gasteiger partial charge in [0.1, 0.15) is 0 Å². The second kappa shape index (κ2) is 5.21. The first-order valence-corrected chi connectivity index (χ1v) is 2.27. The van der Waals surface area contributed by atoms with Crippen molar-refractivity contribution in [2.45, 2.75) is 13.3 Å². The quantitative estimate of drug-likeness (QED) is 0.333. The van der Waals surface area contributed by atoms with Crippen LogP contribution in [0.25, 0.3) is 0 Å². The van der Waals surface area contributed by atoms with Gasteiger partial charge in [-0.3, -0.25) is 4.84 Å². The second-order valence-corrected chi connectivity index (χ2v) is 1.08. The van der Waals surface area contributed by atoms with E-state index in [0.29, 0.717) is 6.61 Å². The highest BCUT2D eigenvalue weighted by molar-refractivity contribution is 6.12. The molecule has 6 heavy (non-hydrogen) atoms. The number of halogens is 1. The van der Waals surface area contributed by atoms with Gasteiger partial charge in [0.05, 0.1) is 6.61 Å². The maximum Gasteiger partial charge on any atom is 0.0695 e. The Balaban J connectivity index is 2.34. The smallest absolute Gasteiger partial charge is 0.0695 e. The van der Waals surface area contributed by atoms with Crippen LogP contribution in [-0.4, -0.2) is 6.61 Å². The van der Waals surface area contributed by atoms with Crippen LogP contribution in [0.3, 0.4) is 0 Å². The molecule has 0 heterocycles. The lowest BCUT2D eigenvalue weighted by Gasteiger charge is -1.90. The van der Waals surface area contributed by atoms with Crippen LogP contribution >= 0.6 is 11.8 Å². The second-order valence-electron chi connectivity index (χ2n) is 0.926. The van der Waals surface area contributed by atoms with Crippen molar-refractivity contribution in [2.24, 2.45) is 0 Å². The summed E-state index contributed by atoms with van der Waals surface area (Å²) in [5.41, 5.74) is 0. The van der Waals surface area contributed by atoms with Crippen LogP contribution in [-0.2, 0) is 4.84 Å². The first kappa shape index (κ1) is 6.21. The molecule has 0 aliphatic heterocycles. The fourth-order valence-electron chi connectivity index (χ4n) is 0.141. The minimum Gasteiger partial charge on any atom is -0.286 e. The molecule has 0 rings (SSSR count). The van der Waals surface area contributed by atoms with Crippen LogP contribution in [0.15, 0.2) is 0 Å². The molecule has 0 bridgehead atoms. The van der Waals surface area contributed by atoms with Crippen molar-refractivity contribution in [2.75, 3.05) is 6.61 Å². The molecule has 0 atom stereocenters. The van der Waals surface area contributed by atoms with E-state index in [-0.39, 0.29) is 0 Å². The summed E-state index contributed by atoms with van der Waals surface area (Å²) in [5, 5.41) is 0. The third kappa shape index (κ3) is 4.21. The Kier molecular flexibility index (Phi) is 5.39. The van der Waals surface area contributed by atoms with E-state index < -0.39 is 0 Å². The van der Waals surface area contributed by atoms with Gasteiger partial charge >= 0.3 is 0 Å². The van der Waals surface area contributed by atoms with Crippen molar-refractivity contribution in [3.8, 4) is 0 Å². The maximum absolute atomic E-state index is 4.91. The van der Waals surface area contributed by atoms with E-state index in [0.717, 1.165) is 6.42 Å². The Labute approximate surface area is 42.5 Å². The monoisotopic (exact) mass is 109 g/mol. The molecule has 0 radical (unpaired) electrons. The third-order valence-corrected chi connectivity index (χ3v) is 0.470. The minimum atomic E-state index is 0.670. The zero-order valence-electron chi connectivity index (χ0n) is 3.70. The average Bonchev–Trinajstić information content (AvgIpc) is 1.61. The average molecular weight is 110 g/mol. The summed E-state index contributed by atoms with van der Waals surface area (Å²) in [6.45, 7) is 2.68. The summed E-state index contributed by atoms with van der Waals surface area (Å²) in [4.78, 5) is 6.54. The van der Waals surface area contributed by atoms with Gasteiger partial charge in [0.25, 0.3) is 0 Å². The molecule has 0 aliphatic carbocycles. The van der Waals surface area contributed by atoms with E-state index in [1.165, 1.54) is 0 Å². The van der Waals surface area contributed by atoms with Crippen LogP contribution in [0.2, 0.25) is 0 Å². The minimum absolute atomic E-state index is 0.670. The molecule has 3 heteroatoms. The van der Waals surface area contributed by atoms with Gasteiger partial charge in [-0.2, -0.15) is 0 Å². The van der Waals surface area contributed by atoms with E-state index in [9.17, 15) is 0 Å². The van der Waals surface area contributed by atoms with Gasteiger partial charge in [-0.1, -0.05) is 6.92 Å². The van der Waals surface area contributed by atoms with Crippen LogP contribution in [0, 0.1) is 0 Å². The molecule has 0 fully saturated rings. The highest BCUT2D eigenvalue weighted by Gasteiger charge is 1.73. The predicted octanol–water partition coefficient (Wildman–Crippen LogP) is 1.07. The lowest BCUT2D eigenvalue weighted by molar-refractivity contribution is 0.0962. The number of hydrogen-bond donors (Lipinski definition) is 1. The molecular weight excluding hydrogens is 101 g/mol. The molecule has 0 saturated heterocycles. The van der Waals surface area contributed by atoms with Crippen LogP contribution in [0.5, 0.6) is 0 Å². The topological polar surface area (TPSA) is 21.3 Å². The van der Waals surface area contributed by atoms with Crippen LogP contribution < -0.4 is 5.00 Å². The third-order valence-electron chi connectivity index (χ3n) is 0.361. The molecular formula is C3H8ClNO. The molecule has 0 aliphatic rings.